The minimum atomic E-state index is 0.223. The van der Waals surface area contributed by atoms with Crippen molar-refractivity contribution in [2.45, 2.75) is 45.2 Å². The summed E-state index contributed by atoms with van der Waals surface area (Å²) < 4.78 is 1.94. The fraction of sp³-hybridized carbons (Fsp3) is 0.400. The maximum atomic E-state index is 13.0. The zero-order valence-corrected chi connectivity index (χ0v) is 14.6. The third-order valence-corrected chi connectivity index (χ3v) is 5.24. The SMILES string of the molecule is Cc1cccc2[nH]cc(CC(=O)N3CCCC[C@H]3Cn3cccn3)c12. The second kappa shape index (κ2) is 6.75. The molecule has 3 heterocycles. The summed E-state index contributed by atoms with van der Waals surface area (Å²) in [7, 11) is 0. The third-order valence-electron chi connectivity index (χ3n) is 5.24. The number of carbonyl (C=O) groups is 1. The van der Waals surface area contributed by atoms with E-state index in [9.17, 15) is 4.79 Å². The highest BCUT2D eigenvalue weighted by Gasteiger charge is 2.27. The van der Waals surface area contributed by atoms with Gasteiger partial charge in [-0.15, -0.1) is 0 Å². The van der Waals surface area contributed by atoms with Gasteiger partial charge in [0.1, 0.15) is 0 Å². The molecule has 5 nitrogen and oxygen atoms in total. The summed E-state index contributed by atoms with van der Waals surface area (Å²) in [6.07, 6.45) is 9.54. The van der Waals surface area contributed by atoms with Gasteiger partial charge in [0.15, 0.2) is 0 Å². The number of H-pyrrole nitrogens is 1. The van der Waals surface area contributed by atoms with E-state index in [0.717, 1.165) is 37.0 Å². The van der Waals surface area contributed by atoms with Crippen LogP contribution >= 0.6 is 0 Å². The summed E-state index contributed by atoms with van der Waals surface area (Å²) in [4.78, 5) is 18.4. The number of rotatable bonds is 4. The lowest BCUT2D eigenvalue weighted by atomic mass is 10.00. The Kier molecular flexibility index (Phi) is 4.30. The molecule has 5 heteroatoms. The Balaban J connectivity index is 1.54. The van der Waals surface area contributed by atoms with Gasteiger partial charge in [0, 0.05) is 36.0 Å². The lowest BCUT2D eigenvalue weighted by Gasteiger charge is -2.36. The minimum Gasteiger partial charge on any atom is -0.361 e. The molecule has 1 aliphatic heterocycles. The number of aromatic amines is 1. The Hall–Kier alpha value is -2.56. The van der Waals surface area contributed by atoms with Crippen LogP contribution in [0.5, 0.6) is 0 Å². The Labute approximate surface area is 147 Å². The van der Waals surface area contributed by atoms with Crippen LogP contribution in [-0.2, 0) is 17.8 Å². The van der Waals surface area contributed by atoms with E-state index in [2.05, 4.69) is 34.0 Å². The van der Waals surface area contributed by atoms with Gasteiger partial charge >= 0.3 is 0 Å². The van der Waals surface area contributed by atoms with Crippen LogP contribution < -0.4 is 0 Å². The van der Waals surface area contributed by atoms with E-state index in [1.165, 1.54) is 17.4 Å². The van der Waals surface area contributed by atoms with Crippen molar-refractivity contribution >= 4 is 16.8 Å². The van der Waals surface area contributed by atoms with E-state index < -0.39 is 0 Å². The summed E-state index contributed by atoms with van der Waals surface area (Å²) in [5.74, 6) is 0.223. The number of aryl methyl sites for hydroxylation is 1. The molecule has 0 saturated carbocycles. The van der Waals surface area contributed by atoms with E-state index in [1.807, 2.05) is 29.2 Å². The smallest absolute Gasteiger partial charge is 0.227 e. The van der Waals surface area contributed by atoms with Crippen molar-refractivity contribution in [3.05, 3.63) is 54.0 Å². The van der Waals surface area contributed by atoms with Crippen LogP contribution in [-0.4, -0.2) is 38.2 Å². The summed E-state index contributed by atoms with van der Waals surface area (Å²) in [6, 6.07) is 8.39. The molecule has 0 spiro atoms. The molecular formula is C20H24N4O. The highest BCUT2D eigenvalue weighted by molar-refractivity contribution is 5.91. The Morgan fingerprint density at radius 3 is 3.08 bits per heavy atom. The van der Waals surface area contributed by atoms with Crippen LogP contribution in [0.2, 0.25) is 0 Å². The molecule has 130 valence electrons. The van der Waals surface area contributed by atoms with Gasteiger partial charge in [0.25, 0.3) is 0 Å². The molecule has 1 aromatic carbocycles. The molecule has 0 unspecified atom stereocenters. The molecule has 2 aromatic heterocycles. The predicted molar refractivity (Wildman–Crippen MR) is 98.3 cm³/mol. The van der Waals surface area contributed by atoms with Crippen molar-refractivity contribution in [2.24, 2.45) is 0 Å². The number of aromatic nitrogens is 3. The third kappa shape index (κ3) is 3.18. The Morgan fingerprint density at radius 1 is 1.32 bits per heavy atom. The number of piperidine rings is 1. The molecule has 1 aliphatic rings. The average molecular weight is 336 g/mol. The van der Waals surface area contributed by atoms with Crippen molar-refractivity contribution in [1.82, 2.24) is 19.7 Å². The van der Waals surface area contributed by atoms with Gasteiger partial charge in [-0.25, -0.2) is 0 Å². The van der Waals surface area contributed by atoms with Gasteiger partial charge in [-0.2, -0.15) is 5.10 Å². The summed E-state index contributed by atoms with van der Waals surface area (Å²) in [6.45, 7) is 3.74. The number of likely N-dealkylation sites (tertiary alicyclic amines) is 1. The maximum Gasteiger partial charge on any atom is 0.227 e. The van der Waals surface area contributed by atoms with Crippen LogP contribution in [0.4, 0.5) is 0 Å². The zero-order valence-electron chi connectivity index (χ0n) is 14.6. The fourth-order valence-corrected chi connectivity index (χ4v) is 4.00. The fourth-order valence-electron chi connectivity index (χ4n) is 4.00. The van der Waals surface area contributed by atoms with Gasteiger partial charge in [-0.1, -0.05) is 12.1 Å². The summed E-state index contributed by atoms with van der Waals surface area (Å²) in [5, 5.41) is 5.50. The van der Waals surface area contributed by atoms with Crippen LogP contribution in [0.3, 0.4) is 0 Å². The average Bonchev–Trinajstić information content (AvgIpc) is 3.26. The van der Waals surface area contributed by atoms with Gasteiger partial charge < -0.3 is 9.88 Å². The first kappa shape index (κ1) is 15.9. The molecule has 0 radical (unpaired) electrons. The summed E-state index contributed by atoms with van der Waals surface area (Å²) in [5.41, 5.74) is 3.42. The highest BCUT2D eigenvalue weighted by Crippen LogP contribution is 2.25. The second-order valence-corrected chi connectivity index (χ2v) is 6.95. The number of benzene rings is 1. The number of amides is 1. The molecule has 25 heavy (non-hydrogen) atoms. The number of hydrogen-bond acceptors (Lipinski definition) is 2. The molecule has 4 rings (SSSR count). The number of fused-ring (bicyclic) bond motifs is 1. The molecule has 1 atom stereocenters. The molecule has 0 bridgehead atoms. The van der Waals surface area contributed by atoms with Gasteiger partial charge in [-0.05, 0) is 49.4 Å². The van der Waals surface area contributed by atoms with E-state index in [0.29, 0.717) is 6.42 Å². The van der Waals surface area contributed by atoms with Crippen LogP contribution in [0.25, 0.3) is 10.9 Å². The molecular weight excluding hydrogens is 312 g/mol. The van der Waals surface area contributed by atoms with Gasteiger partial charge in [0.2, 0.25) is 5.91 Å². The van der Waals surface area contributed by atoms with E-state index in [4.69, 9.17) is 0 Å². The minimum absolute atomic E-state index is 0.223. The first-order valence-electron chi connectivity index (χ1n) is 9.05. The molecule has 3 aromatic rings. The van der Waals surface area contributed by atoms with Crippen molar-refractivity contribution in [3.63, 3.8) is 0 Å². The predicted octanol–water partition coefficient (Wildman–Crippen LogP) is 3.30. The Morgan fingerprint density at radius 2 is 2.24 bits per heavy atom. The van der Waals surface area contributed by atoms with E-state index in [1.54, 1.807) is 6.20 Å². The first-order chi connectivity index (χ1) is 12.2. The molecule has 0 aliphatic carbocycles. The van der Waals surface area contributed by atoms with Crippen molar-refractivity contribution in [3.8, 4) is 0 Å². The second-order valence-electron chi connectivity index (χ2n) is 6.95. The number of nitrogens with one attached hydrogen (secondary N) is 1. The lowest BCUT2D eigenvalue weighted by Crippen LogP contribution is -2.46. The molecule has 1 saturated heterocycles. The van der Waals surface area contributed by atoms with E-state index >= 15 is 0 Å². The van der Waals surface area contributed by atoms with Crippen molar-refractivity contribution < 1.29 is 4.79 Å². The largest absolute Gasteiger partial charge is 0.361 e. The van der Waals surface area contributed by atoms with Crippen LogP contribution in [0.15, 0.2) is 42.9 Å². The molecule has 1 fully saturated rings. The summed E-state index contributed by atoms with van der Waals surface area (Å²) >= 11 is 0. The maximum absolute atomic E-state index is 13.0. The van der Waals surface area contributed by atoms with E-state index in [-0.39, 0.29) is 11.9 Å². The number of hydrogen-bond donors (Lipinski definition) is 1. The molecule has 1 N–H and O–H groups in total. The van der Waals surface area contributed by atoms with Gasteiger partial charge in [-0.3, -0.25) is 9.48 Å². The van der Waals surface area contributed by atoms with Crippen molar-refractivity contribution in [2.75, 3.05) is 6.54 Å². The first-order valence-corrected chi connectivity index (χ1v) is 9.05. The highest BCUT2D eigenvalue weighted by atomic mass is 16.2. The number of nitrogens with zero attached hydrogens (tertiary/aromatic N) is 3. The monoisotopic (exact) mass is 336 g/mol. The quantitative estimate of drug-likeness (QED) is 0.795. The lowest BCUT2D eigenvalue weighted by molar-refractivity contribution is -0.134. The Bertz CT molecular complexity index is 865. The zero-order chi connectivity index (χ0) is 17.2. The molecule has 1 amide bonds. The van der Waals surface area contributed by atoms with Crippen molar-refractivity contribution in [1.29, 1.82) is 0 Å². The topological polar surface area (TPSA) is 53.9 Å². The van der Waals surface area contributed by atoms with Gasteiger partial charge in [0.05, 0.1) is 19.0 Å². The van der Waals surface area contributed by atoms with Crippen LogP contribution in [0.1, 0.15) is 30.4 Å². The normalized spacial score (nSPS) is 18.0. The standard InChI is InChI=1S/C20H24N4O/c1-15-6-4-8-18-20(15)16(13-21-18)12-19(25)24-11-3-2-7-17(24)14-23-10-5-9-22-23/h4-6,8-10,13,17,21H,2-3,7,11-12,14H2,1H3/t17-/m0/s1. The van der Waals surface area contributed by atoms with Crippen LogP contribution in [0, 0.1) is 6.92 Å². The number of carbonyl (C=O) groups excluding carboxylic acids is 1.